The number of phenols is 2. The number of hydrogen-bond acceptors (Lipinski definition) is 7. The number of carboxylic acids is 1. The first-order valence-corrected chi connectivity index (χ1v) is 13.3. The number of halogens is 3. The number of benzene rings is 2. The van der Waals surface area contributed by atoms with Crippen LogP contribution in [-0.2, 0) is 19.2 Å². The molecule has 2 heterocycles. The molecule has 0 spiro atoms. The molecule has 3 fully saturated rings. The molecule has 0 bridgehead atoms. The Morgan fingerprint density at radius 3 is 2.39 bits per heavy atom. The molecule has 13 heteroatoms. The third kappa shape index (κ3) is 3.33. The summed E-state index contributed by atoms with van der Waals surface area (Å²) in [5.74, 6) is -11.0. The fraction of sp³-hybridized carbons (Fsp3) is 0.321. The van der Waals surface area contributed by atoms with Crippen LogP contribution in [0.5, 0.6) is 11.5 Å². The number of fused-ring (bicyclic) bond motifs is 4. The van der Waals surface area contributed by atoms with E-state index in [2.05, 4.69) is 0 Å². The first kappa shape index (κ1) is 27.2. The number of para-hydroxylation sites is 1. The zero-order valence-electron chi connectivity index (χ0n) is 21.2. The number of aromatic carboxylic acids is 1. The van der Waals surface area contributed by atoms with Gasteiger partial charge in [0.25, 0.3) is 11.8 Å². The van der Waals surface area contributed by atoms with Gasteiger partial charge in [-0.3, -0.25) is 24.1 Å². The van der Waals surface area contributed by atoms with E-state index < -0.39 is 85.9 Å². The number of likely N-dealkylation sites (tertiary alicyclic amines) is 1. The average Bonchev–Trinajstić information content (AvgIpc) is 3.25. The summed E-state index contributed by atoms with van der Waals surface area (Å²) in [6.07, 6.45) is 1.34. The van der Waals surface area contributed by atoms with Crippen LogP contribution in [0.1, 0.15) is 34.7 Å². The number of allylic oxidation sites excluding steroid dienone is 2. The van der Waals surface area contributed by atoms with Gasteiger partial charge in [-0.15, -0.1) is 23.2 Å². The van der Waals surface area contributed by atoms with Crippen LogP contribution in [0.3, 0.4) is 0 Å². The summed E-state index contributed by atoms with van der Waals surface area (Å²) >= 11 is 14.0. The lowest BCUT2D eigenvalue weighted by molar-refractivity contribution is -0.138. The highest BCUT2D eigenvalue weighted by atomic mass is 35.5. The number of hydrogen-bond donors (Lipinski definition) is 3. The number of imide groups is 2. The molecule has 2 aromatic rings. The van der Waals surface area contributed by atoms with E-state index in [4.69, 9.17) is 23.2 Å². The van der Waals surface area contributed by atoms with Crippen molar-refractivity contribution in [2.45, 2.75) is 28.5 Å². The summed E-state index contributed by atoms with van der Waals surface area (Å²) in [5, 5.41) is 30.1. The maximum Gasteiger partial charge on any atom is 0.339 e. The molecule has 0 aromatic heterocycles. The van der Waals surface area contributed by atoms with E-state index in [0.717, 1.165) is 28.0 Å². The number of aromatic hydroxyl groups is 2. The van der Waals surface area contributed by atoms with E-state index in [9.17, 15) is 43.7 Å². The van der Waals surface area contributed by atoms with Crippen LogP contribution >= 0.6 is 23.2 Å². The van der Waals surface area contributed by atoms with Crippen LogP contribution in [0.4, 0.5) is 10.1 Å². The predicted molar refractivity (Wildman–Crippen MR) is 141 cm³/mol. The van der Waals surface area contributed by atoms with E-state index >= 15 is 0 Å². The van der Waals surface area contributed by atoms with Crippen molar-refractivity contribution in [3.8, 4) is 11.5 Å². The van der Waals surface area contributed by atoms with E-state index in [1.165, 1.54) is 25.2 Å². The quantitative estimate of drug-likeness (QED) is 0.275. The lowest BCUT2D eigenvalue weighted by Crippen LogP contribution is -2.60. The molecule has 41 heavy (non-hydrogen) atoms. The van der Waals surface area contributed by atoms with Gasteiger partial charge >= 0.3 is 5.97 Å². The molecule has 10 nitrogen and oxygen atoms in total. The van der Waals surface area contributed by atoms with Crippen LogP contribution in [0.25, 0.3) is 0 Å². The van der Waals surface area contributed by atoms with Gasteiger partial charge < -0.3 is 15.3 Å². The molecular weight excluding hydrogens is 582 g/mol. The van der Waals surface area contributed by atoms with Gasteiger partial charge in [0.15, 0.2) is 21.3 Å². The predicted octanol–water partition coefficient (Wildman–Crippen LogP) is 3.13. The van der Waals surface area contributed by atoms with Gasteiger partial charge in [0.2, 0.25) is 11.8 Å². The Morgan fingerprint density at radius 2 is 1.73 bits per heavy atom. The van der Waals surface area contributed by atoms with Gasteiger partial charge in [-0.2, -0.15) is 0 Å². The Morgan fingerprint density at radius 1 is 1.02 bits per heavy atom. The monoisotopic (exact) mass is 602 g/mol. The molecule has 4 amide bonds. The number of amides is 4. The summed E-state index contributed by atoms with van der Waals surface area (Å²) in [7, 11) is 1.21. The number of rotatable bonds is 3. The molecule has 6 rings (SSSR count). The molecule has 2 aliphatic carbocycles. The highest BCUT2D eigenvalue weighted by Crippen LogP contribution is 2.66. The molecular formula is C28H21Cl2FN2O8. The normalized spacial score (nSPS) is 32.5. The van der Waals surface area contributed by atoms with E-state index in [1.807, 2.05) is 0 Å². The summed E-state index contributed by atoms with van der Waals surface area (Å²) in [4.78, 5) is 63.1. The lowest BCUT2D eigenvalue weighted by Gasteiger charge is -2.50. The first-order valence-electron chi connectivity index (χ1n) is 12.6. The Balaban J connectivity index is 1.50. The average molecular weight is 603 g/mol. The number of carbonyl (C=O) groups is 5. The van der Waals surface area contributed by atoms with Crippen LogP contribution in [-0.4, -0.2) is 66.6 Å². The lowest BCUT2D eigenvalue weighted by atomic mass is 9.56. The topological polar surface area (TPSA) is 153 Å². The zero-order chi connectivity index (χ0) is 29.8. The van der Waals surface area contributed by atoms with E-state index in [1.54, 1.807) is 6.08 Å². The van der Waals surface area contributed by atoms with Crippen LogP contribution in [0.2, 0.25) is 0 Å². The number of nitrogens with zero attached hydrogens (tertiary/aromatic N) is 2. The summed E-state index contributed by atoms with van der Waals surface area (Å²) in [6, 6.07) is 6.96. The second-order valence-electron chi connectivity index (χ2n) is 10.7. The fourth-order valence-corrected chi connectivity index (χ4v) is 7.96. The van der Waals surface area contributed by atoms with Gasteiger partial charge in [-0.1, -0.05) is 23.8 Å². The number of carboxylic acid groups (broad SMARTS) is 1. The molecule has 2 aromatic carbocycles. The molecule has 6 atom stereocenters. The number of anilines is 1. The highest BCUT2D eigenvalue weighted by Gasteiger charge is 2.76. The Bertz CT molecular complexity index is 1640. The first-order chi connectivity index (χ1) is 19.3. The third-order valence-corrected chi connectivity index (χ3v) is 10.2. The molecule has 4 aliphatic rings. The van der Waals surface area contributed by atoms with Crippen molar-refractivity contribution in [1.29, 1.82) is 0 Å². The van der Waals surface area contributed by atoms with Crippen molar-refractivity contribution in [3.63, 3.8) is 0 Å². The summed E-state index contributed by atoms with van der Waals surface area (Å²) in [5.41, 5.74) is -0.205. The largest absolute Gasteiger partial charge is 0.507 e. The maximum atomic E-state index is 14.6. The molecule has 0 unspecified atom stereocenters. The molecule has 2 saturated heterocycles. The fourth-order valence-electron chi connectivity index (χ4n) is 6.95. The van der Waals surface area contributed by atoms with Crippen molar-refractivity contribution in [2.24, 2.45) is 17.8 Å². The van der Waals surface area contributed by atoms with Crippen molar-refractivity contribution in [1.82, 2.24) is 4.90 Å². The minimum atomic E-state index is -2.18. The Hall–Kier alpha value is -3.96. The Labute approximate surface area is 241 Å². The van der Waals surface area contributed by atoms with Crippen LogP contribution in [0, 0.1) is 23.6 Å². The van der Waals surface area contributed by atoms with Crippen LogP contribution in [0.15, 0.2) is 48.0 Å². The van der Waals surface area contributed by atoms with Crippen LogP contribution < -0.4 is 4.90 Å². The molecule has 3 N–H and O–H groups in total. The smallest absolute Gasteiger partial charge is 0.339 e. The molecule has 2 aliphatic heterocycles. The van der Waals surface area contributed by atoms with Gasteiger partial charge in [0, 0.05) is 24.6 Å². The zero-order valence-corrected chi connectivity index (χ0v) is 22.7. The van der Waals surface area contributed by atoms with Gasteiger partial charge in [-0.05, 0) is 37.0 Å². The van der Waals surface area contributed by atoms with Gasteiger partial charge in [0.05, 0.1) is 17.5 Å². The number of phenolic OH excluding ortho intramolecular Hbond substituents is 1. The second kappa shape index (κ2) is 8.77. The minimum Gasteiger partial charge on any atom is -0.507 e. The highest BCUT2D eigenvalue weighted by molar-refractivity contribution is 6.53. The summed E-state index contributed by atoms with van der Waals surface area (Å²) < 4.78 is 14.6. The van der Waals surface area contributed by atoms with E-state index in [0.29, 0.717) is 5.57 Å². The van der Waals surface area contributed by atoms with Crippen molar-refractivity contribution < 1.29 is 43.7 Å². The molecule has 0 radical (unpaired) electrons. The SMILES string of the molecule is CN1C(=O)[C@]2(Cl)C[C@@H]3C(=CC[C@@H]4C(=O)N(c5ccc(C(=O)O)c(O)c5)C(=O)[C@@H]43)[C@H](c3cccc(F)c3O)[C@]2(Cl)C1=O. The van der Waals surface area contributed by atoms with Gasteiger partial charge in [-0.25, -0.2) is 14.1 Å². The third-order valence-electron chi connectivity index (χ3n) is 8.81. The van der Waals surface area contributed by atoms with Gasteiger partial charge in [0.1, 0.15) is 11.3 Å². The standard InChI is InChI=1S/C28H21Cl2FN2O8/c1-32-25(40)27(29)10-16-12(20(28(27,30)26(32)41)15-3-2-4-17(31)21(15)35)7-8-14-19(16)23(37)33(22(14)36)11-5-6-13(24(38)39)18(34)9-11/h2-7,9,14,16,19-20,34-35H,8,10H2,1H3,(H,38,39)/t14-,16+,19-,20+,27+,28-/m0/s1. The Kier molecular flexibility index (Phi) is 5.82. The summed E-state index contributed by atoms with van der Waals surface area (Å²) in [6.45, 7) is 0. The number of carbonyl (C=O) groups excluding carboxylic acids is 4. The van der Waals surface area contributed by atoms with E-state index in [-0.39, 0.29) is 24.1 Å². The van der Waals surface area contributed by atoms with Crippen molar-refractivity contribution in [3.05, 3.63) is 65.0 Å². The maximum absolute atomic E-state index is 14.6. The minimum absolute atomic E-state index is 0.0174. The molecule has 212 valence electrons. The molecule has 1 saturated carbocycles. The van der Waals surface area contributed by atoms with Crippen molar-refractivity contribution >= 4 is 58.5 Å². The second-order valence-corrected chi connectivity index (χ2v) is 11.9. The number of alkyl halides is 2. The van der Waals surface area contributed by atoms with Crippen molar-refractivity contribution in [2.75, 3.05) is 11.9 Å².